The summed E-state index contributed by atoms with van der Waals surface area (Å²) in [5.74, 6) is -0.981. The van der Waals surface area contributed by atoms with E-state index in [4.69, 9.17) is 14.6 Å². The molecule has 1 heterocycles. The molecule has 2 N–H and O–H groups in total. The molecule has 0 aliphatic carbocycles. The molecular formula is C17H23NO5. The Bertz CT molecular complexity index is 527. The van der Waals surface area contributed by atoms with E-state index in [9.17, 15) is 9.59 Å². The van der Waals surface area contributed by atoms with E-state index < -0.39 is 17.6 Å². The number of carbonyl (C=O) groups is 2. The van der Waals surface area contributed by atoms with E-state index in [1.54, 1.807) is 6.92 Å². The highest BCUT2D eigenvalue weighted by Crippen LogP contribution is 2.26. The topological polar surface area (TPSA) is 84.9 Å². The van der Waals surface area contributed by atoms with Gasteiger partial charge in [-0.1, -0.05) is 30.3 Å². The van der Waals surface area contributed by atoms with Crippen LogP contribution in [0.2, 0.25) is 0 Å². The van der Waals surface area contributed by atoms with E-state index >= 15 is 0 Å². The second-order valence-electron chi connectivity index (χ2n) is 6.03. The Morgan fingerprint density at radius 2 is 2.09 bits per heavy atom. The van der Waals surface area contributed by atoms with Gasteiger partial charge in [-0.15, -0.1) is 0 Å². The van der Waals surface area contributed by atoms with Gasteiger partial charge in [-0.2, -0.15) is 0 Å². The quantitative estimate of drug-likeness (QED) is 0.841. The summed E-state index contributed by atoms with van der Waals surface area (Å²) >= 11 is 0. The molecule has 2 atom stereocenters. The molecule has 0 spiro atoms. The molecular weight excluding hydrogens is 298 g/mol. The fourth-order valence-electron chi connectivity index (χ4n) is 2.79. The summed E-state index contributed by atoms with van der Waals surface area (Å²) in [6.07, 6.45) is 1.47. The van der Waals surface area contributed by atoms with Crippen LogP contribution >= 0.6 is 0 Å². The van der Waals surface area contributed by atoms with Gasteiger partial charge in [-0.05, 0) is 31.7 Å². The zero-order valence-electron chi connectivity index (χ0n) is 13.3. The summed E-state index contributed by atoms with van der Waals surface area (Å²) in [5, 5.41) is 11.9. The molecule has 1 amide bonds. The zero-order valence-corrected chi connectivity index (χ0v) is 13.3. The second-order valence-corrected chi connectivity index (χ2v) is 6.03. The van der Waals surface area contributed by atoms with Crippen LogP contribution in [0, 0.1) is 0 Å². The number of alkyl carbamates (subject to hydrolysis) is 1. The first kappa shape index (κ1) is 17.3. The summed E-state index contributed by atoms with van der Waals surface area (Å²) in [5.41, 5.74) is -0.114. The van der Waals surface area contributed by atoms with Crippen LogP contribution in [0.15, 0.2) is 30.3 Å². The third-order valence-electron chi connectivity index (χ3n) is 4.01. The highest BCUT2D eigenvalue weighted by atomic mass is 16.5. The maximum atomic E-state index is 12.1. The van der Waals surface area contributed by atoms with Crippen LogP contribution in [0.5, 0.6) is 0 Å². The normalized spacial score (nSPS) is 20.3. The van der Waals surface area contributed by atoms with Crippen LogP contribution in [0.3, 0.4) is 0 Å². The van der Waals surface area contributed by atoms with Gasteiger partial charge in [0.05, 0.1) is 18.1 Å². The molecule has 2 rings (SSSR count). The summed E-state index contributed by atoms with van der Waals surface area (Å²) in [6.45, 7) is 2.42. The zero-order chi connectivity index (χ0) is 16.7. The number of carboxylic acids is 1. The van der Waals surface area contributed by atoms with Gasteiger partial charge < -0.3 is 19.9 Å². The first-order chi connectivity index (χ1) is 11.0. The molecule has 1 aromatic rings. The van der Waals surface area contributed by atoms with Crippen molar-refractivity contribution in [2.45, 2.75) is 50.9 Å². The molecule has 1 saturated heterocycles. The number of hydrogen-bond donors (Lipinski definition) is 2. The van der Waals surface area contributed by atoms with Crippen LogP contribution in [0.1, 0.15) is 38.2 Å². The van der Waals surface area contributed by atoms with Gasteiger partial charge in [-0.25, -0.2) is 4.79 Å². The van der Waals surface area contributed by atoms with Crippen LogP contribution in [0.25, 0.3) is 0 Å². The Kier molecular flexibility index (Phi) is 5.98. The maximum absolute atomic E-state index is 12.1. The number of amides is 1. The Balaban J connectivity index is 1.95. The van der Waals surface area contributed by atoms with Crippen molar-refractivity contribution < 1.29 is 24.2 Å². The fourth-order valence-corrected chi connectivity index (χ4v) is 2.79. The molecule has 0 aromatic heterocycles. The number of nitrogens with one attached hydrogen (secondary N) is 1. The average molecular weight is 321 g/mol. The van der Waals surface area contributed by atoms with Gasteiger partial charge in [0.1, 0.15) is 6.61 Å². The Morgan fingerprint density at radius 1 is 1.35 bits per heavy atom. The molecule has 126 valence electrons. The Morgan fingerprint density at radius 3 is 2.70 bits per heavy atom. The monoisotopic (exact) mass is 321 g/mol. The minimum Gasteiger partial charge on any atom is -0.481 e. The number of carboxylic acid groups (broad SMARTS) is 1. The lowest BCUT2D eigenvalue weighted by Crippen LogP contribution is -2.57. The molecule has 2 unspecified atom stereocenters. The molecule has 6 nitrogen and oxygen atoms in total. The van der Waals surface area contributed by atoms with Gasteiger partial charge in [0, 0.05) is 6.61 Å². The van der Waals surface area contributed by atoms with E-state index in [0.717, 1.165) is 24.8 Å². The first-order valence-electron chi connectivity index (χ1n) is 7.82. The van der Waals surface area contributed by atoms with Crippen molar-refractivity contribution in [2.24, 2.45) is 0 Å². The number of carbonyl (C=O) groups excluding carboxylic acids is 1. The number of hydrogen-bond acceptors (Lipinski definition) is 4. The van der Waals surface area contributed by atoms with Gasteiger partial charge in [0.15, 0.2) is 0 Å². The predicted molar refractivity (Wildman–Crippen MR) is 84.0 cm³/mol. The van der Waals surface area contributed by atoms with E-state index in [0.29, 0.717) is 6.61 Å². The second kappa shape index (κ2) is 7.97. The number of aliphatic carboxylic acids is 1. The predicted octanol–water partition coefficient (Wildman–Crippen LogP) is 2.72. The van der Waals surface area contributed by atoms with Crippen molar-refractivity contribution in [3.8, 4) is 0 Å². The maximum Gasteiger partial charge on any atom is 0.407 e. The minimum atomic E-state index is -0.986. The highest BCUT2D eigenvalue weighted by Gasteiger charge is 2.40. The third-order valence-corrected chi connectivity index (χ3v) is 4.01. The van der Waals surface area contributed by atoms with Crippen LogP contribution in [-0.2, 0) is 20.9 Å². The van der Waals surface area contributed by atoms with E-state index in [-0.39, 0.29) is 19.1 Å². The summed E-state index contributed by atoms with van der Waals surface area (Å²) in [6, 6.07) is 9.32. The lowest BCUT2D eigenvalue weighted by Gasteiger charge is -2.38. The molecule has 0 saturated carbocycles. The van der Waals surface area contributed by atoms with Gasteiger partial charge >= 0.3 is 12.1 Å². The van der Waals surface area contributed by atoms with Crippen molar-refractivity contribution in [2.75, 3.05) is 6.61 Å². The molecule has 23 heavy (non-hydrogen) atoms. The summed E-state index contributed by atoms with van der Waals surface area (Å²) in [4.78, 5) is 23.2. The molecule has 1 aromatic carbocycles. The fraction of sp³-hybridized carbons (Fsp3) is 0.529. The first-order valence-corrected chi connectivity index (χ1v) is 7.82. The molecule has 1 aliphatic rings. The van der Waals surface area contributed by atoms with Crippen molar-refractivity contribution in [3.05, 3.63) is 35.9 Å². The Hall–Kier alpha value is -2.08. The number of benzene rings is 1. The number of rotatable bonds is 6. The minimum absolute atomic E-state index is 0.140. The Labute approximate surface area is 135 Å². The van der Waals surface area contributed by atoms with Gasteiger partial charge in [-0.3, -0.25) is 4.79 Å². The van der Waals surface area contributed by atoms with E-state index in [1.165, 1.54) is 0 Å². The summed E-state index contributed by atoms with van der Waals surface area (Å²) < 4.78 is 10.9. The SMILES string of the molecule is CC(CC(=O)O)(NC(=O)OCc1ccccc1)C1CCCCO1. The lowest BCUT2D eigenvalue weighted by atomic mass is 9.86. The van der Waals surface area contributed by atoms with Crippen molar-refractivity contribution in [3.63, 3.8) is 0 Å². The smallest absolute Gasteiger partial charge is 0.407 e. The van der Waals surface area contributed by atoms with E-state index in [1.807, 2.05) is 30.3 Å². The number of ether oxygens (including phenoxy) is 2. The van der Waals surface area contributed by atoms with Crippen molar-refractivity contribution >= 4 is 12.1 Å². The summed E-state index contributed by atoms with van der Waals surface area (Å²) in [7, 11) is 0. The van der Waals surface area contributed by atoms with Crippen LogP contribution < -0.4 is 5.32 Å². The van der Waals surface area contributed by atoms with Crippen molar-refractivity contribution in [1.29, 1.82) is 0 Å². The molecule has 1 fully saturated rings. The largest absolute Gasteiger partial charge is 0.481 e. The van der Waals surface area contributed by atoms with E-state index in [2.05, 4.69) is 5.32 Å². The van der Waals surface area contributed by atoms with Crippen molar-refractivity contribution in [1.82, 2.24) is 5.32 Å². The molecule has 1 aliphatic heterocycles. The standard InChI is InChI=1S/C17H23NO5/c1-17(11-15(19)20,14-9-5-6-10-22-14)18-16(21)23-12-13-7-3-2-4-8-13/h2-4,7-8,14H,5-6,9-12H2,1H3,(H,18,21)(H,19,20). The molecule has 0 bridgehead atoms. The highest BCUT2D eigenvalue weighted by molar-refractivity contribution is 5.72. The van der Waals surface area contributed by atoms with Gasteiger partial charge in [0.2, 0.25) is 0 Å². The average Bonchev–Trinajstić information content (AvgIpc) is 2.54. The molecule has 6 heteroatoms. The third kappa shape index (κ3) is 5.25. The lowest BCUT2D eigenvalue weighted by molar-refractivity contribution is -0.141. The van der Waals surface area contributed by atoms with Crippen LogP contribution in [0.4, 0.5) is 4.79 Å². The van der Waals surface area contributed by atoms with Gasteiger partial charge in [0.25, 0.3) is 0 Å². The molecule has 0 radical (unpaired) electrons. The van der Waals surface area contributed by atoms with Crippen LogP contribution in [-0.4, -0.2) is 35.4 Å².